The lowest BCUT2D eigenvalue weighted by molar-refractivity contribution is -0.113. The van der Waals surface area contributed by atoms with Gasteiger partial charge in [0.25, 0.3) is 0 Å². The van der Waals surface area contributed by atoms with Crippen molar-refractivity contribution >= 4 is 58.1 Å². The second-order valence-corrected chi connectivity index (χ2v) is 8.30. The van der Waals surface area contributed by atoms with E-state index in [0.717, 1.165) is 14.4 Å². The van der Waals surface area contributed by atoms with Crippen molar-refractivity contribution in [2.24, 2.45) is 0 Å². The number of carbonyl (C=O) groups is 1. The van der Waals surface area contributed by atoms with E-state index in [-0.39, 0.29) is 5.91 Å². The highest BCUT2D eigenvalue weighted by atomic mass is 35.5. The van der Waals surface area contributed by atoms with Crippen LogP contribution in [0.1, 0.15) is 19.8 Å². The van der Waals surface area contributed by atoms with E-state index in [1.165, 1.54) is 35.9 Å². The van der Waals surface area contributed by atoms with E-state index in [1.807, 2.05) is 12.1 Å². The summed E-state index contributed by atoms with van der Waals surface area (Å²) in [6.07, 6.45) is 2.35. The number of nitrogens with zero attached hydrogens (tertiary/aromatic N) is 2. The SMILES string of the molecule is CCCCSc1nnc(SCC(=O)Nc2ccccc2Cl)s1. The second kappa shape index (κ2) is 9.39. The van der Waals surface area contributed by atoms with Crippen molar-refractivity contribution in [3.63, 3.8) is 0 Å². The number of benzene rings is 1. The Bertz CT molecular complexity index is 621. The van der Waals surface area contributed by atoms with Gasteiger partial charge in [-0.05, 0) is 18.6 Å². The van der Waals surface area contributed by atoms with Gasteiger partial charge in [0.15, 0.2) is 8.68 Å². The number of rotatable bonds is 8. The van der Waals surface area contributed by atoms with Crippen molar-refractivity contribution in [2.75, 3.05) is 16.8 Å². The van der Waals surface area contributed by atoms with Crippen LogP contribution in [-0.2, 0) is 4.79 Å². The maximum atomic E-state index is 11.9. The molecule has 0 radical (unpaired) electrons. The van der Waals surface area contributed by atoms with Gasteiger partial charge in [-0.3, -0.25) is 4.79 Å². The molecule has 8 heteroatoms. The standard InChI is InChI=1S/C14H16ClN3OS3/c1-2-3-8-20-13-17-18-14(22-13)21-9-12(19)16-11-7-5-4-6-10(11)15/h4-7H,2-3,8-9H2,1H3,(H,16,19). The van der Waals surface area contributed by atoms with E-state index in [9.17, 15) is 4.79 Å². The zero-order valence-corrected chi connectivity index (χ0v) is 15.2. The van der Waals surface area contributed by atoms with Gasteiger partial charge >= 0.3 is 0 Å². The maximum absolute atomic E-state index is 11.9. The van der Waals surface area contributed by atoms with Crippen LogP contribution < -0.4 is 5.32 Å². The van der Waals surface area contributed by atoms with Crippen LogP contribution in [0.25, 0.3) is 0 Å². The predicted octanol–water partition coefficient (Wildman–Crippen LogP) is 4.81. The number of amides is 1. The van der Waals surface area contributed by atoms with Gasteiger partial charge in [-0.15, -0.1) is 10.2 Å². The minimum Gasteiger partial charge on any atom is -0.324 e. The molecule has 1 N–H and O–H groups in total. The summed E-state index contributed by atoms with van der Waals surface area (Å²) >= 11 is 10.6. The van der Waals surface area contributed by atoms with Crippen molar-refractivity contribution in [1.82, 2.24) is 10.2 Å². The average molecular weight is 374 g/mol. The molecule has 2 rings (SSSR count). The first-order valence-corrected chi connectivity index (χ1v) is 9.99. The Morgan fingerprint density at radius 2 is 2.00 bits per heavy atom. The number of carbonyl (C=O) groups excluding carboxylic acids is 1. The molecule has 22 heavy (non-hydrogen) atoms. The lowest BCUT2D eigenvalue weighted by Crippen LogP contribution is -2.14. The van der Waals surface area contributed by atoms with E-state index < -0.39 is 0 Å². The second-order valence-electron chi connectivity index (χ2n) is 4.35. The van der Waals surface area contributed by atoms with Crippen molar-refractivity contribution in [3.8, 4) is 0 Å². The van der Waals surface area contributed by atoms with Crippen LogP contribution in [0.5, 0.6) is 0 Å². The minimum absolute atomic E-state index is 0.103. The molecule has 2 aromatic rings. The predicted molar refractivity (Wildman–Crippen MR) is 96.3 cm³/mol. The van der Waals surface area contributed by atoms with E-state index in [4.69, 9.17) is 11.6 Å². The number of halogens is 1. The normalized spacial score (nSPS) is 10.6. The van der Waals surface area contributed by atoms with Gasteiger partial charge in [0, 0.05) is 5.75 Å². The number of hydrogen-bond donors (Lipinski definition) is 1. The molecule has 1 aromatic carbocycles. The number of hydrogen-bond acceptors (Lipinski definition) is 6. The van der Waals surface area contributed by atoms with Gasteiger partial charge in [0.05, 0.1) is 16.5 Å². The summed E-state index contributed by atoms with van der Waals surface area (Å²) in [6.45, 7) is 2.17. The molecule has 1 heterocycles. The lowest BCUT2D eigenvalue weighted by Gasteiger charge is -2.05. The molecule has 0 aliphatic rings. The highest BCUT2D eigenvalue weighted by Crippen LogP contribution is 2.29. The number of para-hydroxylation sites is 1. The summed E-state index contributed by atoms with van der Waals surface area (Å²) in [5, 5.41) is 11.5. The molecule has 4 nitrogen and oxygen atoms in total. The lowest BCUT2D eigenvalue weighted by atomic mass is 10.3. The molecule has 0 saturated heterocycles. The maximum Gasteiger partial charge on any atom is 0.234 e. The fourth-order valence-corrected chi connectivity index (χ4v) is 4.65. The third-order valence-electron chi connectivity index (χ3n) is 2.59. The Kier molecular flexibility index (Phi) is 7.51. The van der Waals surface area contributed by atoms with Crippen LogP contribution in [0.2, 0.25) is 5.02 Å². The van der Waals surface area contributed by atoms with Gasteiger partial charge in [-0.2, -0.15) is 0 Å². The summed E-state index contributed by atoms with van der Waals surface area (Å²) < 4.78 is 1.77. The Morgan fingerprint density at radius 3 is 2.73 bits per heavy atom. The molecule has 0 saturated carbocycles. The van der Waals surface area contributed by atoms with E-state index in [0.29, 0.717) is 16.5 Å². The van der Waals surface area contributed by atoms with Gasteiger partial charge in [0.1, 0.15) is 0 Å². The third kappa shape index (κ3) is 5.79. The summed E-state index contributed by atoms with van der Waals surface area (Å²) in [5.41, 5.74) is 0.628. The number of thioether (sulfide) groups is 2. The van der Waals surface area contributed by atoms with Crippen LogP contribution in [0.3, 0.4) is 0 Å². The molecule has 0 atom stereocenters. The molecular weight excluding hydrogens is 358 g/mol. The van der Waals surface area contributed by atoms with Crippen molar-refractivity contribution < 1.29 is 4.79 Å². The van der Waals surface area contributed by atoms with E-state index in [2.05, 4.69) is 22.4 Å². The number of aromatic nitrogens is 2. The molecule has 1 aromatic heterocycles. The molecule has 0 bridgehead atoms. The molecule has 0 fully saturated rings. The van der Waals surface area contributed by atoms with Crippen LogP contribution in [0.4, 0.5) is 5.69 Å². The van der Waals surface area contributed by atoms with Gasteiger partial charge in [0.2, 0.25) is 5.91 Å². The summed E-state index contributed by atoms with van der Waals surface area (Å²) in [5.74, 6) is 1.25. The van der Waals surface area contributed by atoms with Crippen molar-refractivity contribution in [3.05, 3.63) is 29.3 Å². The largest absolute Gasteiger partial charge is 0.324 e. The molecule has 0 aliphatic carbocycles. The number of anilines is 1. The summed E-state index contributed by atoms with van der Waals surface area (Å²) in [6, 6.07) is 7.18. The zero-order valence-electron chi connectivity index (χ0n) is 12.0. The Morgan fingerprint density at radius 1 is 1.27 bits per heavy atom. The first-order chi connectivity index (χ1) is 10.7. The average Bonchev–Trinajstić information content (AvgIpc) is 2.96. The Balaban J connectivity index is 1.78. The van der Waals surface area contributed by atoms with Gasteiger partial charge < -0.3 is 5.32 Å². The topological polar surface area (TPSA) is 54.9 Å². The fourth-order valence-electron chi connectivity index (χ4n) is 1.49. The molecule has 1 amide bonds. The Hall–Kier alpha value is -0.760. The number of nitrogens with one attached hydrogen (secondary N) is 1. The van der Waals surface area contributed by atoms with Gasteiger partial charge in [-0.25, -0.2) is 0 Å². The monoisotopic (exact) mass is 373 g/mol. The molecule has 0 unspecified atom stereocenters. The van der Waals surface area contributed by atoms with Crippen LogP contribution >= 0.6 is 46.5 Å². The van der Waals surface area contributed by atoms with Crippen molar-refractivity contribution in [1.29, 1.82) is 0 Å². The zero-order chi connectivity index (χ0) is 15.8. The quantitative estimate of drug-likeness (QED) is 0.531. The van der Waals surface area contributed by atoms with Crippen molar-refractivity contribution in [2.45, 2.75) is 28.4 Å². The number of unbranched alkanes of at least 4 members (excludes halogenated alkanes) is 1. The van der Waals surface area contributed by atoms with Crippen LogP contribution in [-0.4, -0.2) is 27.6 Å². The Labute approximate surface area is 147 Å². The van der Waals surface area contributed by atoms with E-state index in [1.54, 1.807) is 23.9 Å². The smallest absolute Gasteiger partial charge is 0.234 e. The minimum atomic E-state index is -0.103. The molecule has 0 spiro atoms. The third-order valence-corrected chi connectivity index (χ3v) is 6.19. The highest BCUT2D eigenvalue weighted by Gasteiger charge is 2.09. The summed E-state index contributed by atoms with van der Waals surface area (Å²) in [7, 11) is 0. The fraction of sp³-hybridized carbons (Fsp3) is 0.357. The first-order valence-electron chi connectivity index (χ1n) is 6.82. The summed E-state index contributed by atoms with van der Waals surface area (Å²) in [4.78, 5) is 11.9. The first kappa shape index (κ1) is 17.6. The van der Waals surface area contributed by atoms with Crippen LogP contribution in [0.15, 0.2) is 32.9 Å². The molecule has 0 aliphatic heterocycles. The molecular formula is C14H16ClN3OS3. The molecule has 118 valence electrons. The van der Waals surface area contributed by atoms with Gasteiger partial charge in [-0.1, -0.05) is 71.9 Å². The van der Waals surface area contributed by atoms with Crippen LogP contribution in [0, 0.1) is 0 Å². The highest BCUT2D eigenvalue weighted by molar-refractivity contribution is 8.03. The van der Waals surface area contributed by atoms with E-state index >= 15 is 0 Å².